The number of imidazole rings is 1. The van der Waals surface area contributed by atoms with Crippen LogP contribution in [0.3, 0.4) is 0 Å². The standard InChI is InChI=1S/C33H48N3O2/c1-31(2,3)27-15-26(16-28(29(27)37-7)32(4,5)6)36-11-10-35(21-36)9-8-25-20-38-30(34-25)33-17-22-12-23(18-33)14-24(13-22)19-33/h10-11,15-16,21-25H,8-9,12-14,17-20H2,1-7H3/q+1/t22?,23?,24?,25-,33?/m0/s1. The van der Waals surface area contributed by atoms with Crippen LogP contribution >= 0.6 is 0 Å². The van der Waals surface area contributed by atoms with Crippen molar-refractivity contribution in [2.24, 2.45) is 28.2 Å². The summed E-state index contributed by atoms with van der Waals surface area (Å²) in [7, 11) is 1.80. The largest absolute Gasteiger partial charge is 0.496 e. The Morgan fingerprint density at radius 1 is 0.974 bits per heavy atom. The van der Waals surface area contributed by atoms with Crippen molar-refractivity contribution < 1.29 is 14.0 Å². The number of nitrogens with zero attached hydrogens (tertiary/aromatic N) is 3. The van der Waals surface area contributed by atoms with Crippen LogP contribution in [0.25, 0.3) is 5.69 Å². The second-order valence-corrected chi connectivity index (χ2v) is 15.0. The van der Waals surface area contributed by atoms with Gasteiger partial charge in [0, 0.05) is 23.0 Å². The third-order valence-electron chi connectivity index (χ3n) is 9.81. The fourth-order valence-electron chi connectivity index (χ4n) is 8.30. The van der Waals surface area contributed by atoms with Crippen molar-refractivity contribution in [3.63, 3.8) is 0 Å². The summed E-state index contributed by atoms with van der Waals surface area (Å²) in [5.74, 6) is 4.93. The summed E-state index contributed by atoms with van der Waals surface area (Å²) in [6.45, 7) is 15.3. The summed E-state index contributed by atoms with van der Waals surface area (Å²) in [6, 6.07) is 4.88. The summed E-state index contributed by atoms with van der Waals surface area (Å²) >= 11 is 0. The molecule has 4 saturated carbocycles. The van der Waals surface area contributed by atoms with Crippen LogP contribution in [-0.4, -0.2) is 30.2 Å². The predicted molar refractivity (Wildman–Crippen MR) is 152 cm³/mol. The quantitative estimate of drug-likeness (QED) is 0.396. The van der Waals surface area contributed by atoms with Gasteiger partial charge in [0.05, 0.1) is 19.7 Å². The number of methoxy groups -OCH3 is 1. The second kappa shape index (κ2) is 9.13. The van der Waals surface area contributed by atoms with Gasteiger partial charge in [0.15, 0.2) is 5.90 Å². The van der Waals surface area contributed by atoms with E-state index < -0.39 is 0 Å². The van der Waals surface area contributed by atoms with E-state index >= 15 is 0 Å². The van der Waals surface area contributed by atoms with E-state index in [4.69, 9.17) is 14.5 Å². The van der Waals surface area contributed by atoms with Crippen LogP contribution in [-0.2, 0) is 22.1 Å². The van der Waals surface area contributed by atoms with Crippen molar-refractivity contribution >= 4 is 5.90 Å². The summed E-state index contributed by atoms with van der Waals surface area (Å²) in [5, 5.41) is 0. The van der Waals surface area contributed by atoms with E-state index in [2.05, 4.69) is 81.5 Å². The maximum atomic E-state index is 6.35. The molecule has 4 fully saturated rings. The van der Waals surface area contributed by atoms with Gasteiger partial charge in [-0.25, -0.2) is 14.1 Å². The van der Waals surface area contributed by atoms with Gasteiger partial charge in [0.1, 0.15) is 30.4 Å². The van der Waals surface area contributed by atoms with Crippen molar-refractivity contribution in [3.05, 3.63) is 42.0 Å². The lowest BCUT2D eigenvalue weighted by molar-refractivity contribution is -0.696. The first-order valence-corrected chi connectivity index (χ1v) is 14.9. The topological polar surface area (TPSA) is 39.6 Å². The molecule has 2 aromatic rings. The Balaban J connectivity index is 1.18. The number of hydrogen-bond acceptors (Lipinski definition) is 3. The minimum Gasteiger partial charge on any atom is -0.496 e. The van der Waals surface area contributed by atoms with Crippen LogP contribution in [0.2, 0.25) is 0 Å². The molecule has 1 aliphatic heterocycles. The number of aliphatic imine (C=N–C) groups is 1. The molecule has 2 heterocycles. The Hall–Kier alpha value is -2.30. The molecule has 7 rings (SSSR count). The highest BCUT2D eigenvalue weighted by molar-refractivity contribution is 5.84. The number of hydrogen-bond donors (Lipinski definition) is 0. The third-order valence-corrected chi connectivity index (χ3v) is 9.81. The second-order valence-electron chi connectivity index (χ2n) is 15.0. The zero-order chi connectivity index (χ0) is 26.9. The molecule has 38 heavy (non-hydrogen) atoms. The zero-order valence-electron chi connectivity index (χ0n) is 24.7. The molecule has 0 unspecified atom stereocenters. The van der Waals surface area contributed by atoms with Crippen molar-refractivity contribution in [1.82, 2.24) is 4.57 Å². The number of rotatable bonds is 6. The fraction of sp³-hybridized carbons (Fsp3) is 0.697. The molecule has 206 valence electrons. The van der Waals surface area contributed by atoms with Crippen LogP contribution < -0.4 is 9.30 Å². The third kappa shape index (κ3) is 4.69. The molecule has 4 aliphatic carbocycles. The molecule has 0 N–H and O–H groups in total. The molecule has 1 atom stereocenters. The van der Waals surface area contributed by atoms with E-state index in [1.54, 1.807) is 7.11 Å². The molecule has 5 nitrogen and oxygen atoms in total. The molecule has 0 radical (unpaired) electrons. The summed E-state index contributed by atoms with van der Waals surface area (Å²) in [6.07, 6.45) is 16.0. The Morgan fingerprint density at radius 2 is 1.55 bits per heavy atom. The van der Waals surface area contributed by atoms with Gasteiger partial charge in [-0.3, -0.25) is 0 Å². The van der Waals surface area contributed by atoms with Gasteiger partial charge in [0.2, 0.25) is 6.33 Å². The molecule has 0 spiro atoms. The first-order valence-electron chi connectivity index (χ1n) is 14.9. The van der Waals surface area contributed by atoms with Crippen LogP contribution in [0, 0.1) is 23.2 Å². The Bertz CT molecular complexity index is 1160. The summed E-state index contributed by atoms with van der Waals surface area (Å²) < 4.78 is 16.9. The van der Waals surface area contributed by atoms with Crippen molar-refractivity contribution in [1.29, 1.82) is 0 Å². The number of aryl methyl sites for hydroxylation is 1. The SMILES string of the molecule is COc1c(C(C)(C)C)cc(-n2cc[n+](CC[C@H]3COC(C45CC6CC(CC(C6)C4)C5)=N3)c2)cc1C(C)(C)C. The fourth-order valence-corrected chi connectivity index (χ4v) is 8.30. The van der Waals surface area contributed by atoms with E-state index in [0.717, 1.165) is 49.0 Å². The van der Waals surface area contributed by atoms with Gasteiger partial charge in [-0.05, 0) is 79.2 Å². The van der Waals surface area contributed by atoms with E-state index in [1.165, 1.54) is 55.3 Å². The molecular formula is C33H48N3O2+. The Morgan fingerprint density at radius 3 is 2.08 bits per heavy atom. The molecule has 1 aromatic heterocycles. The van der Waals surface area contributed by atoms with Crippen molar-refractivity contribution in [2.45, 2.75) is 110 Å². The number of benzene rings is 1. The monoisotopic (exact) mass is 518 g/mol. The highest BCUT2D eigenvalue weighted by Gasteiger charge is 2.55. The van der Waals surface area contributed by atoms with E-state index in [-0.39, 0.29) is 22.3 Å². The highest BCUT2D eigenvalue weighted by Crippen LogP contribution is 2.61. The van der Waals surface area contributed by atoms with Gasteiger partial charge in [0.25, 0.3) is 0 Å². The zero-order valence-corrected chi connectivity index (χ0v) is 24.7. The smallest absolute Gasteiger partial charge is 0.248 e. The van der Waals surface area contributed by atoms with Crippen LogP contribution in [0.15, 0.2) is 35.8 Å². The van der Waals surface area contributed by atoms with Crippen molar-refractivity contribution in [3.8, 4) is 11.4 Å². The van der Waals surface area contributed by atoms with Crippen LogP contribution in [0.5, 0.6) is 5.75 Å². The molecule has 4 bridgehead atoms. The van der Waals surface area contributed by atoms with Gasteiger partial charge in [-0.15, -0.1) is 0 Å². The van der Waals surface area contributed by atoms with E-state index in [0.29, 0.717) is 0 Å². The molecule has 5 heteroatoms. The van der Waals surface area contributed by atoms with Gasteiger partial charge in [-0.1, -0.05) is 41.5 Å². The lowest BCUT2D eigenvalue weighted by atomic mass is 9.49. The Kier molecular flexibility index (Phi) is 6.23. The average Bonchev–Trinajstić information content (AvgIpc) is 3.50. The maximum absolute atomic E-state index is 6.35. The average molecular weight is 519 g/mol. The molecule has 1 aromatic carbocycles. The first-order chi connectivity index (χ1) is 17.9. The normalized spacial score (nSPS) is 30.4. The van der Waals surface area contributed by atoms with Gasteiger partial charge >= 0.3 is 0 Å². The molecule has 0 saturated heterocycles. The van der Waals surface area contributed by atoms with E-state index in [9.17, 15) is 0 Å². The minimum absolute atomic E-state index is 0.0145. The van der Waals surface area contributed by atoms with Crippen molar-refractivity contribution in [2.75, 3.05) is 13.7 Å². The van der Waals surface area contributed by atoms with E-state index in [1.807, 2.05) is 0 Å². The van der Waals surface area contributed by atoms with Gasteiger partial charge in [-0.2, -0.15) is 0 Å². The predicted octanol–water partition coefficient (Wildman–Crippen LogP) is 6.77. The number of aromatic nitrogens is 2. The lowest BCUT2D eigenvalue weighted by Gasteiger charge is -2.56. The van der Waals surface area contributed by atoms with Gasteiger partial charge < -0.3 is 9.47 Å². The summed E-state index contributed by atoms with van der Waals surface area (Å²) in [5.41, 5.74) is 3.93. The molecule has 0 amide bonds. The molecular weight excluding hydrogens is 470 g/mol. The number of ether oxygens (including phenoxy) is 2. The first kappa shape index (κ1) is 26.0. The minimum atomic E-state index is -0.0145. The summed E-state index contributed by atoms with van der Waals surface area (Å²) in [4.78, 5) is 5.21. The highest BCUT2D eigenvalue weighted by atomic mass is 16.5. The molecule has 5 aliphatic rings. The maximum Gasteiger partial charge on any atom is 0.248 e. The van der Waals surface area contributed by atoms with Crippen LogP contribution in [0.4, 0.5) is 0 Å². The van der Waals surface area contributed by atoms with Crippen LogP contribution in [0.1, 0.15) is 97.6 Å². The Labute approximate surface area is 229 Å². The lowest BCUT2D eigenvalue weighted by Crippen LogP contribution is -2.50.